The number of piperazine rings is 1. The number of benzene rings is 3. The van der Waals surface area contributed by atoms with Gasteiger partial charge in [0, 0.05) is 25.7 Å². The van der Waals surface area contributed by atoms with E-state index in [0.717, 1.165) is 6.07 Å². The Balaban J connectivity index is 1.46. The first-order valence-electron chi connectivity index (χ1n) is 11.9. The maximum Gasteiger partial charge on any atom is 0.266 e. The van der Waals surface area contributed by atoms with Crippen molar-refractivity contribution in [3.8, 4) is 0 Å². The van der Waals surface area contributed by atoms with Gasteiger partial charge in [-0.3, -0.25) is 19.3 Å². The molecule has 5 rings (SSSR count). The van der Waals surface area contributed by atoms with E-state index in [1.165, 1.54) is 21.9 Å². The van der Waals surface area contributed by atoms with Crippen molar-refractivity contribution >= 4 is 23.7 Å². The number of aliphatic imine (C=N–C) groups is 1. The van der Waals surface area contributed by atoms with Crippen LogP contribution in [0.2, 0.25) is 0 Å². The molecule has 0 aliphatic carbocycles. The van der Waals surface area contributed by atoms with Crippen LogP contribution in [-0.2, 0) is 21.7 Å². The molecule has 2 aliphatic heterocycles. The maximum absolute atomic E-state index is 14.6. The van der Waals surface area contributed by atoms with Crippen molar-refractivity contribution in [1.82, 2.24) is 14.7 Å². The van der Waals surface area contributed by atoms with Gasteiger partial charge < -0.3 is 15.5 Å². The quantitative estimate of drug-likeness (QED) is 0.583. The van der Waals surface area contributed by atoms with Crippen molar-refractivity contribution in [3.63, 3.8) is 0 Å². The molecular weight excluding hydrogens is 473 g/mol. The molecule has 37 heavy (non-hydrogen) atoms. The number of carbonyl (C=O) groups excluding carboxylic acids is 3. The minimum Gasteiger partial charge on any atom is -0.369 e. The molecule has 3 aromatic carbocycles. The molecular formula is C28H26FN5O3. The van der Waals surface area contributed by atoms with E-state index in [0.29, 0.717) is 29.8 Å². The Kier molecular flexibility index (Phi) is 6.20. The van der Waals surface area contributed by atoms with Crippen molar-refractivity contribution in [2.75, 3.05) is 26.7 Å². The van der Waals surface area contributed by atoms with Gasteiger partial charge in [0.25, 0.3) is 11.8 Å². The first kappa shape index (κ1) is 24.2. The molecule has 2 aliphatic rings. The number of likely N-dealkylation sites (N-methyl/N-ethyl adjacent to an activating group) is 1. The van der Waals surface area contributed by atoms with Crippen LogP contribution in [0.1, 0.15) is 27.0 Å². The zero-order valence-electron chi connectivity index (χ0n) is 20.3. The van der Waals surface area contributed by atoms with Gasteiger partial charge in [0.1, 0.15) is 12.4 Å². The molecule has 3 aromatic rings. The average Bonchev–Trinajstić information content (AvgIpc) is 3.16. The summed E-state index contributed by atoms with van der Waals surface area (Å²) in [6, 6.07) is 22.2. The third-order valence-corrected chi connectivity index (χ3v) is 6.79. The summed E-state index contributed by atoms with van der Waals surface area (Å²) < 4.78 is 14.6. The summed E-state index contributed by atoms with van der Waals surface area (Å²) in [7, 11) is 1.67. The number of halogens is 1. The third-order valence-electron chi connectivity index (χ3n) is 6.79. The molecule has 0 aromatic heterocycles. The van der Waals surface area contributed by atoms with Gasteiger partial charge in [-0.1, -0.05) is 60.7 Å². The molecule has 1 saturated heterocycles. The monoisotopic (exact) mass is 499 g/mol. The number of hydrogen-bond donors (Lipinski definition) is 1. The predicted molar refractivity (Wildman–Crippen MR) is 136 cm³/mol. The first-order chi connectivity index (χ1) is 17.8. The van der Waals surface area contributed by atoms with E-state index in [-0.39, 0.29) is 36.4 Å². The molecule has 8 nitrogen and oxygen atoms in total. The molecule has 1 fully saturated rings. The van der Waals surface area contributed by atoms with E-state index in [1.54, 1.807) is 11.9 Å². The van der Waals surface area contributed by atoms with Crippen LogP contribution in [0.5, 0.6) is 0 Å². The molecule has 2 N–H and O–H groups in total. The smallest absolute Gasteiger partial charge is 0.266 e. The fraction of sp³-hybridized carbons (Fsp3) is 0.214. The normalized spacial score (nSPS) is 17.2. The van der Waals surface area contributed by atoms with E-state index >= 15 is 0 Å². The van der Waals surface area contributed by atoms with Gasteiger partial charge in [0.15, 0.2) is 11.5 Å². The number of amides is 3. The Labute approximate surface area is 213 Å². The van der Waals surface area contributed by atoms with Crippen molar-refractivity contribution in [2.45, 2.75) is 12.1 Å². The van der Waals surface area contributed by atoms with Gasteiger partial charge in [-0.05, 0) is 34.9 Å². The van der Waals surface area contributed by atoms with Crippen molar-refractivity contribution in [2.24, 2.45) is 10.7 Å². The zero-order chi connectivity index (χ0) is 26.2. The Hall–Kier alpha value is -4.53. The van der Waals surface area contributed by atoms with Crippen LogP contribution < -0.4 is 5.73 Å². The predicted octanol–water partition coefficient (Wildman–Crippen LogP) is 2.34. The zero-order valence-corrected chi connectivity index (χ0v) is 20.3. The highest BCUT2D eigenvalue weighted by atomic mass is 19.1. The van der Waals surface area contributed by atoms with E-state index in [4.69, 9.17) is 5.73 Å². The van der Waals surface area contributed by atoms with Crippen LogP contribution in [0.4, 0.5) is 4.39 Å². The lowest BCUT2D eigenvalue weighted by Crippen LogP contribution is -2.50. The molecule has 3 amide bonds. The molecule has 0 saturated carbocycles. The second kappa shape index (κ2) is 9.50. The summed E-state index contributed by atoms with van der Waals surface area (Å²) in [4.78, 5) is 48.0. The Bertz CT molecular complexity index is 1350. The van der Waals surface area contributed by atoms with Crippen LogP contribution in [0.3, 0.4) is 0 Å². The van der Waals surface area contributed by atoms with Crippen molar-refractivity contribution < 1.29 is 18.8 Å². The molecule has 188 valence electrons. The van der Waals surface area contributed by atoms with E-state index < -0.39 is 17.3 Å². The van der Waals surface area contributed by atoms with E-state index in [9.17, 15) is 18.8 Å². The fourth-order valence-corrected chi connectivity index (χ4v) is 4.80. The summed E-state index contributed by atoms with van der Waals surface area (Å²) in [5.74, 6) is -1.62. The third kappa shape index (κ3) is 4.33. The van der Waals surface area contributed by atoms with Crippen LogP contribution in [0.15, 0.2) is 83.9 Å². The highest BCUT2D eigenvalue weighted by Gasteiger charge is 2.50. The van der Waals surface area contributed by atoms with E-state index in [1.807, 2.05) is 60.7 Å². The SMILES string of the molecule is CN1CCN(C(=O)c2cc(F)cc(CN3C(=O)C(c4ccccc4)(c4ccccc4)N=C3N)c2)CC1=O. The average molecular weight is 500 g/mol. The summed E-state index contributed by atoms with van der Waals surface area (Å²) in [6.45, 7) is 0.619. The molecule has 0 radical (unpaired) electrons. The molecule has 0 bridgehead atoms. The Morgan fingerprint density at radius 3 is 2.19 bits per heavy atom. The molecule has 0 spiro atoms. The van der Waals surface area contributed by atoms with Crippen molar-refractivity contribution in [3.05, 3.63) is 107 Å². The van der Waals surface area contributed by atoms with Crippen LogP contribution in [0, 0.1) is 5.82 Å². The minimum atomic E-state index is -1.38. The van der Waals surface area contributed by atoms with Gasteiger partial charge in [-0.2, -0.15) is 0 Å². The lowest BCUT2D eigenvalue weighted by Gasteiger charge is -2.32. The highest BCUT2D eigenvalue weighted by Crippen LogP contribution is 2.40. The number of guanidine groups is 1. The molecule has 0 atom stereocenters. The largest absolute Gasteiger partial charge is 0.369 e. The topological polar surface area (TPSA) is 99.3 Å². The summed E-state index contributed by atoms with van der Waals surface area (Å²) in [6.07, 6.45) is 0. The summed E-state index contributed by atoms with van der Waals surface area (Å²) in [5.41, 5.74) is 6.72. The van der Waals surface area contributed by atoms with Crippen molar-refractivity contribution in [1.29, 1.82) is 0 Å². The lowest BCUT2D eigenvalue weighted by atomic mass is 9.83. The van der Waals surface area contributed by atoms with Gasteiger partial charge in [-0.25, -0.2) is 9.38 Å². The Morgan fingerprint density at radius 2 is 1.59 bits per heavy atom. The highest BCUT2D eigenvalue weighted by molar-refractivity contribution is 6.09. The minimum absolute atomic E-state index is 0.000455. The summed E-state index contributed by atoms with van der Waals surface area (Å²) in [5, 5.41) is 0. The number of rotatable bonds is 5. The molecule has 2 heterocycles. The number of nitrogens with zero attached hydrogens (tertiary/aromatic N) is 4. The lowest BCUT2D eigenvalue weighted by molar-refractivity contribution is -0.133. The second-order valence-corrected chi connectivity index (χ2v) is 9.19. The molecule has 9 heteroatoms. The number of nitrogens with two attached hydrogens (primary N) is 1. The first-order valence-corrected chi connectivity index (χ1v) is 11.9. The standard InChI is InChI=1S/C28H26FN5O3/c1-32-12-13-33(18-24(32)35)25(36)20-14-19(15-23(29)16-20)17-34-26(37)28(31-27(34)30,21-8-4-2-5-9-21)22-10-6-3-7-11-22/h2-11,14-16H,12-13,17-18H2,1H3,(H2,30,31). The fourth-order valence-electron chi connectivity index (χ4n) is 4.80. The summed E-state index contributed by atoms with van der Waals surface area (Å²) >= 11 is 0. The second-order valence-electron chi connectivity index (χ2n) is 9.19. The maximum atomic E-state index is 14.6. The van der Waals surface area contributed by atoms with Gasteiger partial charge in [0.2, 0.25) is 5.91 Å². The van der Waals surface area contributed by atoms with E-state index in [2.05, 4.69) is 4.99 Å². The van der Waals surface area contributed by atoms with Crippen LogP contribution in [-0.4, -0.2) is 65.1 Å². The number of carbonyl (C=O) groups is 3. The van der Waals surface area contributed by atoms with Gasteiger partial charge in [-0.15, -0.1) is 0 Å². The Morgan fingerprint density at radius 1 is 0.973 bits per heavy atom. The van der Waals surface area contributed by atoms with Gasteiger partial charge in [0.05, 0.1) is 6.54 Å². The van der Waals surface area contributed by atoms with Crippen LogP contribution >= 0.6 is 0 Å². The number of hydrogen-bond acceptors (Lipinski definition) is 5. The van der Waals surface area contributed by atoms with Gasteiger partial charge >= 0.3 is 0 Å². The molecule has 0 unspecified atom stereocenters. The van der Waals surface area contributed by atoms with Crippen LogP contribution in [0.25, 0.3) is 0 Å².